The molecule has 1 amide bonds. The number of hydrogen-bond acceptors (Lipinski definition) is 4. The smallest absolute Gasteiger partial charge is 0.275 e. The SMILES string of the molecule is CCOc1ccc(-n2c(-c3ccccc3)cc(/C=N\NC(=O)c3ccccc3O)c2-c2ccccc2)cc1. The van der Waals surface area contributed by atoms with Crippen molar-refractivity contribution in [1.82, 2.24) is 9.99 Å². The number of phenols is 1. The van der Waals surface area contributed by atoms with Crippen LogP contribution in [0, 0.1) is 0 Å². The third-order valence-electron chi connectivity index (χ3n) is 6.07. The number of aromatic nitrogens is 1. The van der Waals surface area contributed by atoms with Gasteiger partial charge in [-0.05, 0) is 60.5 Å². The zero-order valence-corrected chi connectivity index (χ0v) is 20.9. The van der Waals surface area contributed by atoms with Crippen molar-refractivity contribution >= 4 is 12.1 Å². The number of amides is 1. The minimum atomic E-state index is -0.491. The summed E-state index contributed by atoms with van der Waals surface area (Å²) in [6.07, 6.45) is 1.64. The van der Waals surface area contributed by atoms with E-state index in [0.29, 0.717) is 6.61 Å². The van der Waals surface area contributed by atoms with Crippen molar-refractivity contribution in [3.8, 4) is 39.7 Å². The Kier molecular flexibility index (Phi) is 7.32. The molecule has 0 aliphatic heterocycles. The first-order valence-electron chi connectivity index (χ1n) is 12.4. The van der Waals surface area contributed by atoms with Gasteiger partial charge in [-0.15, -0.1) is 0 Å². The van der Waals surface area contributed by atoms with E-state index in [2.05, 4.69) is 33.3 Å². The maximum Gasteiger partial charge on any atom is 0.275 e. The molecule has 0 aliphatic rings. The maximum absolute atomic E-state index is 12.6. The van der Waals surface area contributed by atoms with E-state index in [-0.39, 0.29) is 11.3 Å². The van der Waals surface area contributed by atoms with Gasteiger partial charge in [0.15, 0.2) is 0 Å². The van der Waals surface area contributed by atoms with E-state index in [4.69, 9.17) is 4.74 Å². The van der Waals surface area contributed by atoms with Crippen LogP contribution in [0.1, 0.15) is 22.8 Å². The molecule has 0 aliphatic carbocycles. The number of nitrogens with zero attached hydrogens (tertiary/aromatic N) is 2. The Morgan fingerprint density at radius 2 is 1.50 bits per heavy atom. The first kappa shape index (κ1) is 24.6. The lowest BCUT2D eigenvalue weighted by molar-refractivity contribution is 0.0952. The molecule has 2 N–H and O–H groups in total. The summed E-state index contributed by atoms with van der Waals surface area (Å²) in [6.45, 7) is 2.56. The van der Waals surface area contributed by atoms with Crippen molar-refractivity contribution in [1.29, 1.82) is 0 Å². The third kappa shape index (κ3) is 5.20. The molecule has 6 heteroatoms. The van der Waals surface area contributed by atoms with Gasteiger partial charge < -0.3 is 14.4 Å². The lowest BCUT2D eigenvalue weighted by Gasteiger charge is -2.15. The molecule has 5 rings (SSSR count). The minimum Gasteiger partial charge on any atom is -0.507 e. The van der Waals surface area contributed by atoms with Crippen molar-refractivity contribution in [2.24, 2.45) is 5.10 Å². The van der Waals surface area contributed by atoms with E-state index in [0.717, 1.165) is 39.5 Å². The van der Waals surface area contributed by atoms with Crippen LogP contribution in [0.5, 0.6) is 11.5 Å². The summed E-state index contributed by atoms with van der Waals surface area (Å²) in [6, 6.07) is 36.6. The summed E-state index contributed by atoms with van der Waals surface area (Å²) in [5.74, 6) is 0.215. The summed E-state index contributed by atoms with van der Waals surface area (Å²) in [4.78, 5) is 12.6. The van der Waals surface area contributed by atoms with Gasteiger partial charge in [-0.3, -0.25) is 4.79 Å². The molecule has 6 nitrogen and oxygen atoms in total. The van der Waals surface area contributed by atoms with Gasteiger partial charge in [0.05, 0.1) is 29.8 Å². The summed E-state index contributed by atoms with van der Waals surface area (Å²) in [5, 5.41) is 14.3. The Bertz CT molecular complexity index is 1560. The highest BCUT2D eigenvalue weighted by Crippen LogP contribution is 2.35. The highest BCUT2D eigenvalue weighted by Gasteiger charge is 2.19. The molecule has 1 aromatic heterocycles. The predicted molar refractivity (Wildman–Crippen MR) is 151 cm³/mol. The van der Waals surface area contributed by atoms with Crippen LogP contribution in [0.2, 0.25) is 0 Å². The van der Waals surface area contributed by atoms with Gasteiger partial charge in [0.2, 0.25) is 0 Å². The van der Waals surface area contributed by atoms with E-state index in [1.165, 1.54) is 6.07 Å². The van der Waals surface area contributed by atoms with Gasteiger partial charge in [-0.25, -0.2) is 5.43 Å². The lowest BCUT2D eigenvalue weighted by Crippen LogP contribution is -2.17. The van der Waals surface area contributed by atoms with Crippen LogP contribution in [0.15, 0.2) is 120 Å². The molecule has 38 heavy (non-hydrogen) atoms. The van der Waals surface area contributed by atoms with Crippen LogP contribution in [0.25, 0.3) is 28.2 Å². The van der Waals surface area contributed by atoms with Crippen molar-refractivity contribution < 1.29 is 14.6 Å². The Hall–Kier alpha value is -5.10. The number of hydrogen-bond donors (Lipinski definition) is 2. The summed E-state index contributed by atoms with van der Waals surface area (Å²) in [5.41, 5.74) is 8.42. The number of benzene rings is 4. The zero-order chi connectivity index (χ0) is 26.3. The van der Waals surface area contributed by atoms with E-state index < -0.39 is 5.91 Å². The highest BCUT2D eigenvalue weighted by atomic mass is 16.5. The van der Waals surface area contributed by atoms with Crippen LogP contribution in [0.3, 0.4) is 0 Å². The number of carbonyl (C=O) groups excluding carboxylic acids is 1. The standard InChI is InChI=1S/C32H27N3O3/c1-2-38-27-19-17-26(18-20-27)35-29(23-11-5-3-6-12-23)21-25(31(35)24-13-7-4-8-14-24)22-33-34-32(37)28-15-9-10-16-30(28)36/h3-22,36H,2H2,1H3,(H,34,37)/b33-22-. The number of phenolic OH excluding ortho intramolecular Hbond substituents is 1. The number of hydrazone groups is 1. The molecular formula is C32H27N3O3. The van der Waals surface area contributed by atoms with Gasteiger partial charge in [-0.2, -0.15) is 5.10 Å². The molecule has 0 spiro atoms. The normalized spacial score (nSPS) is 11.0. The average molecular weight is 502 g/mol. The predicted octanol–water partition coefficient (Wildman–Crippen LogP) is 6.68. The average Bonchev–Trinajstić information content (AvgIpc) is 3.34. The number of ether oxygens (including phenoxy) is 1. The molecule has 0 atom stereocenters. The van der Waals surface area contributed by atoms with Gasteiger partial charge >= 0.3 is 0 Å². The van der Waals surface area contributed by atoms with Gasteiger partial charge in [0, 0.05) is 11.3 Å². The third-order valence-corrected chi connectivity index (χ3v) is 6.07. The number of rotatable bonds is 8. The largest absolute Gasteiger partial charge is 0.507 e. The number of nitrogens with one attached hydrogen (secondary N) is 1. The number of carbonyl (C=O) groups is 1. The van der Waals surface area contributed by atoms with Crippen LogP contribution >= 0.6 is 0 Å². The van der Waals surface area contributed by atoms with Crippen LogP contribution in [-0.4, -0.2) is 28.4 Å². The molecule has 0 bridgehead atoms. The Morgan fingerprint density at radius 1 is 0.868 bits per heavy atom. The number of aromatic hydroxyl groups is 1. The molecular weight excluding hydrogens is 474 g/mol. The fraction of sp³-hybridized carbons (Fsp3) is 0.0625. The van der Waals surface area contributed by atoms with Crippen molar-refractivity contribution in [2.75, 3.05) is 6.61 Å². The topological polar surface area (TPSA) is 75.8 Å². The highest BCUT2D eigenvalue weighted by molar-refractivity contribution is 5.98. The Balaban J connectivity index is 1.63. The molecule has 0 unspecified atom stereocenters. The monoisotopic (exact) mass is 501 g/mol. The van der Waals surface area contributed by atoms with E-state index in [1.807, 2.05) is 79.7 Å². The van der Waals surface area contributed by atoms with E-state index in [1.54, 1.807) is 24.4 Å². The molecule has 0 fully saturated rings. The second-order valence-corrected chi connectivity index (χ2v) is 8.54. The summed E-state index contributed by atoms with van der Waals surface area (Å²) < 4.78 is 7.85. The lowest BCUT2D eigenvalue weighted by atomic mass is 10.1. The Morgan fingerprint density at radius 3 is 2.16 bits per heavy atom. The van der Waals surface area contributed by atoms with Gasteiger partial charge in [-0.1, -0.05) is 72.8 Å². The first-order valence-corrected chi connectivity index (χ1v) is 12.4. The molecule has 0 saturated carbocycles. The van der Waals surface area contributed by atoms with Crippen LogP contribution in [-0.2, 0) is 0 Å². The molecule has 188 valence electrons. The quantitative estimate of drug-likeness (QED) is 0.184. The van der Waals surface area contributed by atoms with Crippen molar-refractivity contribution in [2.45, 2.75) is 6.92 Å². The van der Waals surface area contributed by atoms with Crippen LogP contribution < -0.4 is 10.2 Å². The molecule has 1 heterocycles. The fourth-order valence-electron chi connectivity index (χ4n) is 4.35. The van der Waals surface area contributed by atoms with Gasteiger partial charge in [0.25, 0.3) is 5.91 Å². The van der Waals surface area contributed by atoms with Crippen molar-refractivity contribution in [3.63, 3.8) is 0 Å². The Labute approximate surface area is 221 Å². The molecule has 0 saturated heterocycles. The molecule has 0 radical (unpaired) electrons. The summed E-state index contributed by atoms with van der Waals surface area (Å²) >= 11 is 0. The molecule has 5 aromatic rings. The second kappa shape index (κ2) is 11.3. The summed E-state index contributed by atoms with van der Waals surface area (Å²) in [7, 11) is 0. The second-order valence-electron chi connectivity index (χ2n) is 8.54. The van der Waals surface area contributed by atoms with Crippen molar-refractivity contribution in [3.05, 3.63) is 126 Å². The van der Waals surface area contributed by atoms with Gasteiger partial charge in [0.1, 0.15) is 11.5 Å². The van der Waals surface area contributed by atoms with Crippen LogP contribution in [0.4, 0.5) is 0 Å². The van der Waals surface area contributed by atoms with E-state index in [9.17, 15) is 9.90 Å². The fourth-order valence-corrected chi connectivity index (χ4v) is 4.35. The number of para-hydroxylation sites is 1. The zero-order valence-electron chi connectivity index (χ0n) is 20.9. The first-order chi connectivity index (χ1) is 18.7. The maximum atomic E-state index is 12.6. The van der Waals surface area contributed by atoms with E-state index >= 15 is 0 Å². The minimum absolute atomic E-state index is 0.0989. The molecule has 4 aromatic carbocycles.